The average molecular weight is 409 g/mol. The summed E-state index contributed by atoms with van der Waals surface area (Å²) >= 11 is 1.57. The van der Waals surface area contributed by atoms with Crippen molar-refractivity contribution in [3.63, 3.8) is 0 Å². The van der Waals surface area contributed by atoms with Gasteiger partial charge in [0.15, 0.2) is 0 Å². The fourth-order valence-electron chi connectivity index (χ4n) is 2.31. The summed E-state index contributed by atoms with van der Waals surface area (Å²) in [5, 5.41) is 4.72. The maximum Gasteiger partial charge on any atom is 0.338 e. The predicted molar refractivity (Wildman–Crippen MR) is 114 cm³/mol. The van der Waals surface area contributed by atoms with E-state index in [9.17, 15) is 9.59 Å². The molecular formula is C20H25ClN2O3S. The molecule has 0 unspecified atom stereocenters. The number of benzene rings is 1. The summed E-state index contributed by atoms with van der Waals surface area (Å²) in [6, 6.07) is 10.6. The highest BCUT2D eigenvalue weighted by Crippen LogP contribution is 2.12. The van der Waals surface area contributed by atoms with Crippen LogP contribution in [0.4, 0.5) is 5.69 Å². The molecule has 0 atom stereocenters. The van der Waals surface area contributed by atoms with E-state index in [2.05, 4.69) is 24.1 Å². The minimum absolute atomic E-state index is 0. The zero-order valence-electron chi connectivity index (χ0n) is 15.5. The Bertz CT molecular complexity index is 726. The summed E-state index contributed by atoms with van der Waals surface area (Å²) in [4.78, 5) is 27.1. The SMILES string of the molecule is CCN(CC)CCOC(=O)c1ccc(NC(=O)C=Cc2cccs2)cc1.Cl. The molecule has 1 aromatic carbocycles. The van der Waals surface area contributed by atoms with E-state index in [1.165, 1.54) is 6.08 Å². The van der Waals surface area contributed by atoms with Gasteiger partial charge >= 0.3 is 5.97 Å². The molecule has 27 heavy (non-hydrogen) atoms. The lowest BCUT2D eigenvalue weighted by Crippen LogP contribution is -2.27. The summed E-state index contributed by atoms with van der Waals surface area (Å²) in [5.74, 6) is -0.569. The van der Waals surface area contributed by atoms with Crippen LogP contribution in [0.2, 0.25) is 0 Å². The van der Waals surface area contributed by atoms with Gasteiger partial charge in [0.05, 0.1) is 5.56 Å². The number of ether oxygens (including phenoxy) is 1. The van der Waals surface area contributed by atoms with Crippen LogP contribution in [0.25, 0.3) is 6.08 Å². The van der Waals surface area contributed by atoms with Crippen molar-refractivity contribution in [1.82, 2.24) is 4.90 Å². The molecule has 0 saturated carbocycles. The van der Waals surface area contributed by atoms with Gasteiger partial charge in [-0.05, 0) is 54.9 Å². The lowest BCUT2D eigenvalue weighted by molar-refractivity contribution is -0.111. The molecule has 0 bridgehead atoms. The number of carbonyl (C=O) groups excluding carboxylic acids is 2. The van der Waals surface area contributed by atoms with Gasteiger partial charge in [-0.15, -0.1) is 23.7 Å². The predicted octanol–water partition coefficient (Wildman–Crippen LogP) is 4.32. The van der Waals surface area contributed by atoms with Crippen molar-refractivity contribution in [3.05, 3.63) is 58.3 Å². The Morgan fingerprint density at radius 3 is 2.44 bits per heavy atom. The van der Waals surface area contributed by atoms with Crippen LogP contribution in [0, 0.1) is 0 Å². The quantitative estimate of drug-likeness (QED) is 0.496. The van der Waals surface area contributed by atoms with Gasteiger partial charge in [0, 0.05) is 23.2 Å². The molecule has 0 spiro atoms. The molecule has 0 aliphatic carbocycles. The number of amides is 1. The monoisotopic (exact) mass is 408 g/mol. The average Bonchev–Trinajstić information content (AvgIpc) is 3.18. The molecule has 0 aliphatic heterocycles. The molecule has 2 aromatic rings. The first-order valence-electron chi connectivity index (χ1n) is 8.64. The zero-order chi connectivity index (χ0) is 18.8. The van der Waals surface area contributed by atoms with Gasteiger partial charge in [0.1, 0.15) is 6.61 Å². The first-order valence-corrected chi connectivity index (χ1v) is 9.52. The van der Waals surface area contributed by atoms with E-state index in [4.69, 9.17) is 4.74 Å². The molecule has 0 saturated heterocycles. The van der Waals surface area contributed by atoms with Crippen molar-refractivity contribution < 1.29 is 14.3 Å². The van der Waals surface area contributed by atoms with E-state index in [1.54, 1.807) is 41.7 Å². The van der Waals surface area contributed by atoms with Crippen molar-refractivity contribution in [2.45, 2.75) is 13.8 Å². The number of nitrogens with zero attached hydrogens (tertiary/aromatic N) is 1. The Hall–Kier alpha value is -2.15. The Labute approximate surface area is 170 Å². The number of esters is 1. The summed E-state index contributed by atoms with van der Waals surface area (Å²) in [7, 11) is 0. The summed E-state index contributed by atoms with van der Waals surface area (Å²) in [5.41, 5.74) is 1.10. The lowest BCUT2D eigenvalue weighted by Gasteiger charge is -2.17. The van der Waals surface area contributed by atoms with Crippen LogP contribution in [-0.2, 0) is 9.53 Å². The third kappa shape index (κ3) is 7.95. The number of hydrogen-bond donors (Lipinski definition) is 1. The molecule has 1 N–H and O–H groups in total. The highest BCUT2D eigenvalue weighted by atomic mass is 35.5. The molecule has 0 fully saturated rings. The van der Waals surface area contributed by atoms with Crippen LogP contribution in [0.15, 0.2) is 47.9 Å². The summed E-state index contributed by atoms with van der Waals surface area (Å²) < 4.78 is 5.29. The van der Waals surface area contributed by atoms with Gasteiger partial charge in [-0.2, -0.15) is 0 Å². The number of likely N-dealkylation sites (N-methyl/N-ethyl adjacent to an activating group) is 1. The van der Waals surface area contributed by atoms with Crippen LogP contribution in [0.1, 0.15) is 29.1 Å². The Morgan fingerprint density at radius 1 is 1.15 bits per heavy atom. The van der Waals surface area contributed by atoms with Gasteiger partial charge in [-0.1, -0.05) is 19.9 Å². The number of thiophene rings is 1. The Kier molecular flexibility index (Phi) is 10.4. The first-order chi connectivity index (χ1) is 12.6. The largest absolute Gasteiger partial charge is 0.461 e. The maximum atomic E-state index is 12.0. The molecule has 0 aliphatic rings. The van der Waals surface area contributed by atoms with Gasteiger partial charge < -0.3 is 15.0 Å². The molecule has 1 aromatic heterocycles. The van der Waals surface area contributed by atoms with Crippen molar-refractivity contribution in [3.8, 4) is 0 Å². The zero-order valence-corrected chi connectivity index (χ0v) is 17.1. The van der Waals surface area contributed by atoms with Gasteiger partial charge in [0.25, 0.3) is 0 Å². The molecule has 1 amide bonds. The number of carbonyl (C=O) groups is 2. The van der Waals surface area contributed by atoms with E-state index in [0.717, 1.165) is 24.5 Å². The third-order valence-electron chi connectivity index (χ3n) is 3.87. The highest BCUT2D eigenvalue weighted by Gasteiger charge is 2.08. The number of hydrogen-bond acceptors (Lipinski definition) is 5. The molecular weight excluding hydrogens is 384 g/mol. The summed E-state index contributed by atoms with van der Waals surface area (Å²) in [6.07, 6.45) is 3.25. The van der Waals surface area contributed by atoms with Crippen molar-refractivity contribution in [2.75, 3.05) is 31.6 Å². The number of rotatable bonds is 9. The molecule has 1 heterocycles. The molecule has 2 rings (SSSR count). The van der Waals surface area contributed by atoms with Gasteiger partial charge in [-0.25, -0.2) is 4.79 Å². The van der Waals surface area contributed by atoms with Crippen LogP contribution >= 0.6 is 23.7 Å². The Balaban J connectivity index is 0.00000364. The molecule has 146 valence electrons. The number of anilines is 1. The van der Waals surface area contributed by atoms with Gasteiger partial charge in [0.2, 0.25) is 5.91 Å². The van der Waals surface area contributed by atoms with E-state index in [0.29, 0.717) is 17.9 Å². The third-order valence-corrected chi connectivity index (χ3v) is 4.70. The normalized spacial score (nSPS) is 10.6. The fourth-order valence-corrected chi connectivity index (χ4v) is 2.93. The van der Waals surface area contributed by atoms with Crippen molar-refractivity contribution in [2.24, 2.45) is 0 Å². The van der Waals surface area contributed by atoms with E-state index in [1.807, 2.05) is 17.5 Å². The van der Waals surface area contributed by atoms with E-state index in [-0.39, 0.29) is 24.3 Å². The second-order valence-electron chi connectivity index (χ2n) is 5.58. The lowest BCUT2D eigenvalue weighted by atomic mass is 10.2. The fraction of sp³-hybridized carbons (Fsp3) is 0.300. The van der Waals surface area contributed by atoms with Crippen LogP contribution in [-0.4, -0.2) is 43.0 Å². The van der Waals surface area contributed by atoms with E-state index >= 15 is 0 Å². The molecule has 5 nitrogen and oxygen atoms in total. The minimum Gasteiger partial charge on any atom is -0.461 e. The van der Waals surface area contributed by atoms with Crippen LogP contribution < -0.4 is 5.32 Å². The van der Waals surface area contributed by atoms with Gasteiger partial charge in [-0.3, -0.25) is 4.79 Å². The standard InChI is InChI=1S/C20H24N2O3S.ClH/c1-3-22(4-2)13-14-25-20(24)16-7-9-17(10-8-16)21-19(23)12-11-18-6-5-15-26-18;/h5-12,15H,3-4,13-14H2,1-2H3,(H,21,23);1H. The second-order valence-corrected chi connectivity index (χ2v) is 6.56. The minimum atomic E-state index is -0.354. The topological polar surface area (TPSA) is 58.6 Å². The smallest absolute Gasteiger partial charge is 0.338 e. The number of halogens is 1. The highest BCUT2D eigenvalue weighted by molar-refractivity contribution is 7.10. The summed E-state index contributed by atoms with van der Waals surface area (Å²) in [6.45, 7) is 7.12. The first kappa shape index (κ1) is 22.9. The van der Waals surface area contributed by atoms with Crippen molar-refractivity contribution in [1.29, 1.82) is 0 Å². The van der Waals surface area contributed by atoms with Crippen LogP contribution in [0.5, 0.6) is 0 Å². The Morgan fingerprint density at radius 2 is 1.85 bits per heavy atom. The number of nitrogens with one attached hydrogen (secondary N) is 1. The second kappa shape index (κ2) is 12.3. The van der Waals surface area contributed by atoms with Crippen molar-refractivity contribution >= 4 is 47.4 Å². The molecule has 7 heteroatoms. The van der Waals surface area contributed by atoms with E-state index < -0.39 is 0 Å². The maximum absolute atomic E-state index is 12.0. The van der Waals surface area contributed by atoms with Crippen LogP contribution in [0.3, 0.4) is 0 Å². The molecule has 0 radical (unpaired) electrons.